The van der Waals surface area contributed by atoms with E-state index in [2.05, 4.69) is 4.74 Å². The number of hydrogen-bond acceptors (Lipinski definition) is 5. The second-order valence-electron chi connectivity index (χ2n) is 7.06. The molecule has 0 spiro atoms. The maximum atomic E-state index is 12.5. The number of hydrogen-bond donors (Lipinski definition) is 0. The van der Waals surface area contributed by atoms with Gasteiger partial charge in [-0.15, -0.1) is 0 Å². The standard InChI is InChI=1S/C22H27NO5/c1-14(2)20(22(26)28-5)23-15(3)11-12-18(23)17(13-19(24)21(25)27-4)16-9-7-6-8-10-16/h6-12,14,17,20H,13H2,1-5H3/t17-,20-/m1/s1. The van der Waals surface area contributed by atoms with Crippen LogP contribution in [0.4, 0.5) is 0 Å². The molecule has 0 unspecified atom stereocenters. The van der Waals surface area contributed by atoms with Crippen molar-refractivity contribution in [3.8, 4) is 0 Å². The van der Waals surface area contributed by atoms with Crippen LogP contribution in [0.1, 0.15) is 49.2 Å². The van der Waals surface area contributed by atoms with Crippen molar-refractivity contribution in [2.45, 2.75) is 39.2 Å². The number of Topliss-reactive ketones (excluding diaryl/α,β-unsaturated/α-hetero) is 1. The molecule has 2 atom stereocenters. The van der Waals surface area contributed by atoms with Gasteiger partial charge in [-0.05, 0) is 30.5 Å². The number of carbonyl (C=O) groups is 3. The lowest BCUT2D eigenvalue weighted by Gasteiger charge is -2.28. The third-order valence-corrected chi connectivity index (χ3v) is 4.87. The number of aromatic nitrogens is 1. The summed E-state index contributed by atoms with van der Waals surface area (Å²) in [5, 5.41) is 0. The minimum absolute atomic E-state index is 0.0231. The van der Waals surface area contributed by atoms with Crippen LogP contribution in [0.5, 0.6) is 0 Å². The van der Waals surface area contributed by atoms with Crippen LogP contribution < -0.4 is 0 Å². The molecule has 6 heteroatoms. The van der Waals surface area contributed by atoms with Crippen molar-refractivity contribution in [3.05, 3.63) is 59.4 Å². The van der Waals surface area contributed by atoms with Crippen molar-refractivity contribution in [2.75, 3.05) is 14.2 Å². The van der Waals surface area contributed by atoms with E-state index < -0.39 is 23.7 Å². The number of rotatable bonds is 8. The van der Waals surface area contributed by atoms with Gasteiger partial charge in [0.05, 0.1) is 14.2 Å². The summed E-state index contributed by atoms with van der Waals surface area (Å²) < 4.78 is 11.5. The van der Waals surface area contributed by atoms with Crippen LogP contribution >= 0.6 is 0 Å². The zero-order chi connectivity index (χ0) is 20.8. The van der Waals surface area contributed by atoms with E-state index >= 15 is 0 Å². The first-order valence-corrected chi connectivity index (χ1v) is 9.23. The number of methoxy groups -OCH3 is 2. The van der Waals surface area contributed by atoms with Crippen LogP contribution in [0.3, 0.4) is 0 Å². The maximum absolute atomic E-state index is 12.5. The predicted octanol–water partition coefficient (Wildman–Crippen LogP) is 3.43. The highest BCUT2D eigenvalue weighted by Crippen LogP contribution is 2.34. The molecule has 0 fully saturated rings. The first-order chi connectivity index (χ1) is 13.3. The number of carbonyl (C=O) groups excluding carboxylic acids is 3. The summed E-state index contributed by atoms with van der Waals surface area (Å²) in [5.41, 5.74) is 2.54. The first kappa shape index (κ1) is 21.4. The Morgan fingerprint density at radius 2 is 1.61 bits per heavy atom. The molecule has 1 aromatic heterocycles. The SMILES string of the molecule is COC(=O)C(=O)C[C@H](c1ccccc1)c1ccc(C)n1[C@@H](C(=O)OC)C(C)C. The Bertz CT molecular complexity index is 838. The van der Waals surface area contributed by atoms with Crippen molar-refractivity contribution in [1.82, 2.24) is 4.57 Å². The Hall–Kier alpha value is -2.89. The zero-order valence-electron chi connectivity index (χ0n) is 17.0. The number of ketones is 1. The molecule has 0 N–H and O–H groups in total. The van der Waals surface area contributed by atoms with Gasteiger partial charge in [-0.25, -0.2) is 9.59 Å². The molecule has 0 amide bonds. The van der Waals surface area contributed by atoms with Crippen molar-refractivity contribution in [2.24, 2.45) is 5.92 Å². The fourth-order valence-corrected chi connectivity index (χ4v) is 3.49. The highest BCUT2D eigenvalue weighted by atomic mass is 16.5. The summed E-state index contributed by atoms with van der Waals surface area (Å²) in [4.78, 5) is 36.6. The van der Waals surface area contributed by atoms with Gasteiger partial charge >= 0.3 is 11.9 Å². The summed E-state index contributed by atoms with van der Waals surface area (Å²) in [7, 11) is 2.56. The quantitative estimate of drug-likeness (QED) is 0.514. The summed E-state index contributed by atoms with van der Waals surface area (Å²) >= 11 is 0. The van der Waals surface area contributed by atoms with Crippen molar-refractivity contribution < 1.29 is 23.9 Å². The summed E-state index contributed by atoms with van der Waals surface area (Å²) in [6.45, 7) is 5.80. The van der Waals surface area contributed by atoms with Crippen LogP contribution in [-0.4, -0.2) is 36.5 Å². The minimum atomic E-state index is -0.871. The van der Waals surface area contributed by atoms with E-state index in [0.717, 1.165) is 17.0 Å². The van der Waals surface area contributed by atoms with E-state index in [1.807, 2.05) is 67.8 Å². The van der Waals surface area contributed by atoms with Gasteiger partial charge in [-0.2, -0.15) is 0 Å². The maximum Gasteiger partial charge on any atom is 0.374 e. The highest BCUT2D eigenvalue weighted by molar-refractivity contribution is 6.33. The molecule has 0 aliphatic heterocycles. The lowest BCUT2D eigenvalue weighted by molar-refractivity contribution is -0.151. The van der Waals surface area contributed by atoms with Gasteiger partial charge in [-0.1, -0.05) is 44.2 Å². The molecule has 0 saturated carbocycles. The monoisotopic (exact) mass is 385 g/mol. The topological polar surface area (TPSA) is 74.6 Å². The fraction of sp³-hybridized carbons (Fsp3) is 0.409. The van der Waals surface area contributed by atoms with E-state index in [4.69, 9.17) is 4.74 Å². The summed E-state index contributed by atoms with van der Waals surface area (Å²) in [6, 6.07) is 12.7. The molecule has 0 bridgehead atoms. The molecule has 150 valence electrons. The number of esters is 2. The smallest absolute Gasteiger partial charge is 0.374 e. The lowest BCUT2D eigenvalue weighted by Crippen LogP contribution is -2.29. The molecule has 28 heavy (non-hydrogen) atoms. The van der Waals surface area contributed by atoms with Crippen molar-refractivity contribution in [3.63, 3.8) is 0 Å². The average molecular weight is 385 g/mol. The molecule has 2 aromatic rings. The Balaban J connectivity index is 2.60. The number of aryl methyl sites for hydroxylation is 1. The number of benzene rings is 1. The van der Waals surface area contributed by atoms with Gasteiger partial charge in [0, 0.05) is 23.7 Å². The summed E-state index contributed by atoms with van der Waals surface area (Å²) in [6.07, 6.45) is -0.0495. The Morgan fingerprint density at radius 1 is 0.964 bits per heavy atom. The van der Waals surface area contributed by atoms with Gasteiger partial charge in [0.25, 0.3) is 0 Å². The zero-order valence-corrected chi connectivity index (χ0v) is 17.0. The molecular formula is C22H27NO5. The number of ether oxygens (including phenoxy) is 2. The molecule has 0 aliphatic rings. The minimum Gasteiger partial charge on any atom is -0.467 e. The van der Waals surface area contributed by atoms with Crippen molar-refractivity contribution in [1.29, 1.82) is 0 Å². The van der Waals surface area contributed by atoms with Gasteiger partial charge < -0.3 is 14.0 Å². The van der Waals surface area contributed by atoms with Crippen LogP contribution in [0.25, 0.3) is 0 Å². The van der Waals surface area contributed by atoms with E-state index in [9.17, 15) is 14.4 Å². The third-order valence-electron chi connectivity index (χ3n) is 4.87. The largest absolute Gasteiger partial charge is 0.467 e. The predicted molar refractivity (Wildman–Crippen MR) is 105 cm³/mol. The number of nitrogens with zero attached hydrogens (tertiary/aromatic N) is 1. The van der Waals surface area contributed by atoms with Gasteiger partial charge in [0.2, 0.25) is 5.78 Å². The van der Waals surface area contributed by atoms with E-state index in [-0.39, 0.29) is 18.3 Å². The molecule has 0 saturated heterocycles. The molecule has 1 aromatic carbocycles. The highest BCUT2D eigenvalue weighted by Gasteiger charge is 2.32. The van der Waals surface area contributed by atoms with Gasteiger partial charge in [0.1, 0.15) is 6.04 Å². The lowest BCUT2D eigenvalue weighted by atomic mass is 9.89. The average Bonchev–Trinajstić information content (AvgIpc) is 3.06. The van der Waals surface area contributed by atoms with Crippen LogP contribution in [-0.2, 0) is 23.9 Å². The molecule has 6 nitrogen and oxygen atoms in total. The molecule has 1 heterocycles. The summed E-state index contributed by atoms with van der Waals surface area (Å²) in [5.74, 6) is -2.25. The van der Waals surface area contributed by atoms with E-state index in [0.29, 0.717) is 0 Å². The molecule has 2 rings (SSSR count). The molecule has 0 aliphatic carbocycles. The second-order valence-corrected chi connectivity index (χ2v) is 7.06. The van der Waals surface area contributed by atoms with E-state index in [1.54, 1.807) is 0 Å². The molecule has 0 radical (unpaired) electrons. The van der Waals surface area contributed by atoms with Gasteiger partial charge in [-0.3, -0.25) is 4.79 Å². The van der Waals surface area contributed by atoms with Crippen LogP contribution in [0, 0.1) is 12.8 Å². The van der Waals surface area contributed by atoms with Gasteiger partial charge in [0.15, 0.2) is 0 Å². The normalized spacial score (nSPS) is 13.1. The second kappa shape index (κ2) is 9.35. The van der Waals surface area contributed by atoms with Crippen LogP contribution in [0.2, 0.25) is 0 Å². The van der Waals surface area contributed by atoms with E-state index in [1.165, 1.54) is 14.2 Å². The Labute approximate surface area is 165 Å². The Kier molecular flexibility index (Phi) is 7.15. The van der Waals surface area contributed by atoms with Crippen molar-refractivity contribution >= 4 is 17.7 Å². The third kappa shape index (κ3) is 4.50. The fourth-order valence-electron chi connectivity index (χ4n) is 3.49. The Morgan fingerprint density at radius 3 is 2.14 bits per heavy atom. The molecular weight excluding hydrogens is 358 g/mol. The first-order valence-electron chi connectivity index (χ1n) is 9.23. The van der Waals surface area contributed by atoms with Crippen LogP contribution in [0.15, 0.2) is 42.5 Å².